The van der Waals surface area contributed by atoms with Gasteiger partial charge in [0.1, 0.15) is 12.1 Å². The molecule has 0 saturated heterocycles. The number of nitrogens with two attached hydrogens (primary N) is 1. The first-order valence-corrected chi connectivity index (χ1v) is 4.90. The summed E-state index contributed by atoms with van der Waals surface area (Å²) < 4.78 is 4.97. The molecule has 4 nitrogen and oxygen atoms in total. The van der Waals surface area contributed by atoms with Crippen LogP contribution in [0, 0.1) is 0 Å². The monoisotopic (exact) mass is 217 g/mol. The standard InChI is InChI=1S/C8H11NO.C4H4N2/c1-10-8-4-2-7(6-9)3-5-8;1-2-5-4-6-3-1/h2-5H,6,9H2,1H3;1-4H. The first-order valence-electron chi connectivity index (χ1n) is 4.90. The molecule has 0 aliphatic carbocycles. The van der Waals surface area contributed by atoms with E-state index in [1.165, 1.54) is 6.33 Å². The predicted octanol–water partition coefficient (Wildman–Crippen LogP) is 1.63. The molecule has 16 heavy (non-hydrogen) atoms. The molecule has 84 valence electrons. The van der Waals surface area contributed by atoms with Crippen molar-refractivity contribution in [2.45, 2.75) is 6.54 Å². The van der Waals surface area contributed by atoms with Crippen molar-refractivity contribution in [1.82, 2.24) is 9.97 Å². The quantitative estimate of drug-likeness (QED) is 0.830. The number of hydrogen-bond acceptors (Lipinski definition) is 4. The number of ether oxygens (including phenoxy) is 1. The van der Waals surface area contributed by atoms with E-state index >= 15 is 0 Å². The van der Waals surface area contributed by atoms with Crippen LogP contribution in [0.4, 0.5) is 0 Å². The highest BCUT2D eigenvalue weighted by atomic mass is 16.5. The Morgan fingerprint density at radius 3 is 2.06 bits per heavy atom. The van der Waals surface area contributed by atoms with Gasteiger partial charge in [0.2, 0.25) is 0 Å². The molecule has 0 amide bonds. The molecule has 0 radical (unpaired) electrons. The van der Waals surface area contributed by atoms with E-state index in [0.29, 0.717) is 6.54 Å². The summed E-state index contributed by atoms with van der Waals surface area (Å²) in [6.07, 6.45) is 4.88. The Hall–Kier alpha value is -1.94. The van der Waals surface area contributed by atoms with E-state index in [0.717, 1.165) is 11.3 Å². The van der Waals surface area contributed by atoms with Gasteiger partial charge >= 0.3 is 0 Å². The molecule has 1 heterocycles. The molecule has 1 aromatic heterocycles. The van der Waals surface area contributed by atoms with E-state index in [1.54, 1.807) is 25.6 Å². The summed E-state index contributed by atoms with van der Waals surface area (Å²) in [5.74, 6) is 0.872. The molecular weight excluding hydrogens is 202 g/mol. The highest BCUT2D eigenvalue weighted by Crippen LogP contribution is 2.10. The number of aromatic nitrogens is 2. The van der Waals surface area contributed by atoms with Crippen molar-refractivity contribution in [1.29, 1.82) is 0 Å². The molecule has 0 spiro atoms. The van der Waals surface area contributed by atoms with Crippen molar-refractivity contribution in [3.8, 4) is 5.75 Å². The van der Waals surface area contributed by atoms with Crippen LogP contribution < -0.4 is 10.5 Å². The van der Waals surface area contributed by atoms with Crippen molar-refractivity contribution < 1.29 is 4.74 Å². The average Bonchev–Trinajstić information content (AvgIpc) is 2.41. The number of methoxy groups -OCH3 is 1. The summed E-state index contributed by atoms with van der Waals surface area (Å²) >= 11 is 0. The van der Waals surface area contributed by atoms with Crippen molar-refractivity contribution in [3.63, 3.8) is 0 Å². The van der Waals surface area contributed by atoms with Crippen molar-refractivity contribution in [2.75, 3.05) is 7.11 Å². The third-order valence-electron chi connectivity index (χ3n) is 1.87. The Bertz CT molecular complexity index is 326. The highest BCUT2D eigenvalue weighted by molar-refractivity contribution is 5.26. The van der Waals surface area contributed by atoms with Crippen LogP contribution in [0.3, 0.4) is 0 Å². The van der Waals surface area contributed by atoms with Crippen LogP contribution >= 0.6 is 0 Å². The smallest absolute Gasteiger partial charge is 0.118 e. The Kier molecular flexibility index (Phi) is 5.58. The molecule has 1 aromatic carbocycles. The van der Waals surface area contributed by atoms with Gasteiger partial charge in [-0.3, -0.25) is 0 Å². The lowest BCUT2D eigenvalue weighted by molar-refractivity contribution is 0.414. The largest absolute Gasteiger partial charge is 0.497 e. The normalized spacial score (nSPS) is 8.88. The Balaban J connectivity index is 0.000000181. The SMILES string of the molecule is COc1ccc(CN)cc1.c1cncnc1. The zero-order valence-electron chi connectivity index (χ0n) is 9.21. The van der Waals surface area contributed by atoms with Gasteiger partial charge in [-0.25, -0.2) is 9.97 Å². The van der Waals surface area contributed by atoms with E-state index in [1.807, 2.05) is 24.3 Å². The number of nitrogens with zero attached hydrogens (tertiary/aromatic N) is 2. The predicted molar refractivity (Wildman–Crippen MR) is 62.9 cm³/mol. The number of rotatable bonds is 2. The Labute approximate surface area is 95.1 Å². The minimum Gasteiger partial charge on any atom is -0.497 e. The molecule has 2 N–H and O–H groups in total. The first kappa shape index (κ1) is 12.1. The summed E-state index contributed by atoms with van der Waals surface area (Å²) in [6.45, 7) is 0.587. The molecule has 2 aromatic rings. The lowest BCUT2D eigenvalue weighted by Gasteiger charge is -1.99. The van der Waals surface area contributed by atoms with Gasteiger partial charge in [0.15, 0.2) is 0 Å². The van der Waals surface area contributed by atoms with Crippen molar-refractivity contribution in [3.05, 3.63) is 54.6 Å². The van der Waals surface area contributed by atoms with Crippen LogP contribution in [0.2, 0.25) is 0 Å². The van der Waals surface area contributed by atoms with Crippen LogP contribution in [0.5, 0.6) is 5.75 Å². The van der Waals surface area contributed by atoms with Gasteiger partial charge in [-0.05, 0) is 23.8 Å². The minimum absolute atomic E-state index is 0.587. The summed E-state index contributed by atoms with van der Waals surface area (Å²) in [6, 6.07) is 9.50. The molecular formula is C12H15N3O. The Morgan fingerprint density at radius 2 is 1.75 bits per heavy atom. The first-order chi connectivity index (χ1) is 7.86. The average molecular weight is 217 g/mol. The van der Waals surface area contributed by atoms with Crippen molar-refractivity contribution >= 4 is 0 Å². The number of hydrogen-bond donors (Lipinski definition) is 1. The molecule has 0 aliphatic heterocycles. The molecule has 0 atom stereocenters. The lowest BCUT2D eigenvalue weighted by atomic mass is 10.2. The summed E-state index contributed by atoms with van der Waals surface area (Å²) in [7, 11) is 1.65. The second-order valence-corrected chi connectivity index (χ2v) is 2.96. The fourth-order valence-corrected chi connectivity index (χ4v) is 1.01. The number of benzene rings is 1. The fraction of sp³-hybridized carbons (Fsp3) is 0.167. The molecule has 0 fully saturated rings. The highest BCUT2D eigenvalue weighted by Gasteiger charge is 1.89. The van der Waals surface area contributed by atoms with Crippen molar-refractivity contribution in [2.24, 2.45) is 5.73 Å². The zero-order valence-corrected chi connectivity index (χ0v) is 9.21. The summed E-state index contributed by atoms with van der Waals surface area (Å²) in [5.41, 5.74) is 6.53. The van der Waals surface area contributed by atoms with Gasteiger partial charge in [0, 0.05) is 18.9 Å². The van der Waals surface area contributed by atoms with Crippen LogP contribution in [0.1, 0.15) is 5.56 Å². The van der Waals surface area contributed by atoms with Crippen LogP contribution in [0.15, 0.2) is 49.1 Å². The van der Waals surface area contributed by atoms with E-state index in [9.17, 15) is 0 Å². The van der Waals surface area contributed by atoms with Gasteiger partial charge in [0.05, 0.1) is 7.11 Å². The van der Waals surface area contributed by atoms with Gasteiger partial charge in [0.25, 0.3) is 0 Å². The molecule has 0 saturated carbocycles. The second kappa shape index (κ2) is 7.36. The molecule has 0 aliphatic rings. The second-order valence-electron chi connectivity index (χ2n) is 2.96. The fourth-order valence-electron chi connectivity index (χ4n) is 1.01. The van der Waals surface area contributed by atoms with Gasteiger partial charge in [-0.2, -0.15) is 0 Å². The van der Waals surface area contributed by atoms with Gasteiger partial charge in [-0.15, -0.1) is 0 Å². The van der Waals surface area contributed by atoms with Gasteiger partial charge in [-0.1, -0.05) is 12.1 Å². The van der Waals surface area contributed by atoms with Crippen LogP contribution in [-0.4, -0.2) is 17.1 Å². The molecule has 4 heteroatoms. The maximum absolute atomic E-state index is 5.40. The third kappa shape index (κ3) is 4.52. The Morgan fingerprint density at radius 1 is 1.12 bits per heavy atom. The molecule has 0 bridgehead atoms. The lowest BCUT2D eigenvalue weighted by Crippen LogP contribution is -1.95. The van der Waals surface area contributed by atoms with Crippen LogP contribution in [0.25, 0.3) is 0 Å². The molecule has 0 unspecified atom stereocenters. The zero-order chi connectivity index (χ0) is 11.6. The van der Waals surface area contributed by atoms with E-state index in [2.05, 4.69) is 9.97 Å². The maximum atomic E-state index is 5.40. The van der Waals surface area contributed by atoms with E-state index in [4.69, 9.17) is 10.5 Å². The summed E-state index contributed by atoms with van der Waals surface area (Å²) in [5, 5.41) is 0. The third-order valence-corrected chi connectivity index (χ3v) is 1.87. The maximum Gasteiger partial charge on any atom is 0.118 e. The topological polar surface area (TPSA) is 61.0 Å². The molecule has 2 rings (SSSR count). The summed E-state index contributed by atoms with van der Waals surface area (Å²) in [4.78, 5) is 7.35. The van der Waals surface area contributed by atoms with Crippen LogP contribution in [-0.2, 0) is 6.54 Å². The van der Waals surface area contributed by atoms with E-state index < -0.39 is 0 Å². The minimum atomic E-state index is 0.587. The van der Waals surface area contributed by atoms with Gasteiger partial charge < -0.3 is 10.5 Å². The van der Waals surface area contributed by atoms with E-state index in [-0.39, 0.29) is 0 Å².